The predicted molar refractivity (Wildman–Crippen MR) is 99.3 cm³/mol. The average Bonchev–Trinajstić information content (AvgIpc) is 2.93. The first kappa shape index (κ1) is 18.2. The van der Waals surface area contributed by atoms with E-state index < -0.39 is 12.1 Å². The average molecular weight is 348 g/mol. The normalized spacial score (nSPS) is 12.1. The van der Waals surface area contributed by atoms with Crippen molar-refractivity contribution in [1.82, 2.24) is 15.6 Å². The summed E-state index contributed by atoms with van der Waals surface area (Å²) in [5, 5.41) is 6.55. The Balaban J connectivity index is 1.91. The Morgan fingerprint density at radius 2 is 2.17 bits per heavy atom. The van der Waals surface area contributed by atoms with E-state index in [1.54, 1.807) is 11.8 Å². The van der Waals surface area contributed by atoms with Crippen LogP contribution in [0.4, 0.5) is 4.79 Å². The molecule has 130 valence electrons. The molecule has 7 heteroatoms. The summed E-state index contributed by atoms with van der Waals surface area (Å²) in [6, 6.07) is 5.01. The van der Waals surface area contributed by atoms with Crippen LogP contribution in [0, 0.1) is 6.92 Å². The highest BCUT2D eigenvalue weighted by Gasteiger charge is 2.18. The molecular weight excluding hydrogens is 324 g/mol. The van der Waals surface area contributed by atoms with E-state index in [0.717, 1.165) is 23.3 Å². The van der Waals surface area contributed by atoms with Crippen molar-refractivity contribution in [2.75, 3.05) is 18.6 Å². The molecule has 0 fully saturated rings. The molecule has 0 aliphatic rings. The van der Waals surface area contributed by atoms with E-state index in [0.29, 0.717) is 13.0 Å². The maximum Gasteiger partial charge on any atom is 0.312 e. The van der Waals surface area contributed by atoms with Gasteiger partial charge in [-0.2, -0.15) is 11.8 Å². The lowest BCUT2D eigenvalue weighted by Gasteiger charge is -2.16. The summed E-state index contributed by atoms with van der Waals surface area (Å²) in [7, 11) is 0. The minimum Gasteiger partial charge on any atom is -0.361 e. The Hall–Kier alpha value is -2.15. The smallest absolute Gasteiger partial charge is 0.312 e. The summed E-state index contributed by atoms with van der Waals surface area (Å²) in [5.74, 6) is 0.582. The number of aromatic amines is 1. The number of H-pyrrole nitrogens is 1. The number of hydrogen-bond acceptors (Lipinski definition) is 3. The number of amides is 3. The molecule has 2 aromatic rings. The largest absolute Gasteiger partial charge is 0.361 e. The van der Waals surface area contributed by atoms with Gasteiger partial charge in [0.15, 0.2) is 0 Å². The summed E-state index contributed by atoms with van der Waals surface area (Å²) < 4.78 is 0. The second-order valence-corrected chi connectivity index (χ2v) is 6.73. The van der Waals surface area contributed by atoms with E-state index in [1.165, 1.54) is 10.9 Å². The summed E-state index contributed by atoms with van der Waals surface area (Å²) in [5.41, 5.74) is 8.61. The number of aryl methyl sites for hydroxylation is 1. The molecule has 1 atom stereocenters. The van der Waals surface area contributed by atoms with Gasteiger partial charge in [0.2, 0.25) is 5.91 Å². The molecule has 1 aromatic carbocycles. The third kappa shape index (κ3) is 4.92. The quantitative estimate of drug-likeness (QED) is 0.586. The third-order valence-electron chi connectivity index (χ3n) is 3.86. The number of carbonyl (C=O) groups is 2. The number of primary amides is 1. The molecule has 0 unspecified atom stereocenters. The van der Waals surface area contributed by atoms with Crippen molar-refractivity contribution in [3.05, 3.63) is 35.5 Å². The summed E-state index contributed by atoms with van der Waals surface area (Å²) >= 11 is 1.62. The van der Waals surface area contributed by atoms with Gasteiger partial charge in [-0.1, -0.05) is 12.1 Å². The number of fused-ring (bicyclic) bond motifs is 1. The molecule has 0 saturated carbocycles. The van der Waals surface area contributed by atoms with Crippen molar-refractivity contribution in [2.24, 2.45) is 5.73 Å². The van der Waals surface area contributed by atoms with Gasteiger partial charge >= 0.3 is 6.03 Å². The van der Waals surface area contributed by atoms with Crippen LogP contribution in [0.3, 0.4) is 0 Å². The van der Waals surface area contributed by atoms with E-state index in [9.17, 15) is 9.59 Å². The molecule has 0 aliphatic heterocycles. The van der Waals surface area contributed by atoms with Crippen molar-refractivity contribution in [3.63, 3.8) is 0 Å². The van der Waals surface area contributed by atoms with Crippen LogP contribution in [0.15, 0.2) is 24.4 Å². The summed E-state index contributed by atoms with van der Waals surface area (Å²) in [6.45, 7) is 2.57. The first-order chi connectivity index (χ1) is 11.5. The Bertz CT molecular complexity index is 714. The lowest BCUT2D eigenvalue weighted by molar-refractivity contribution is -0.122. The summed E-state index contributed by atoms with van der Waals surface area (Å²) in [4.78, 5) is 26.5. The Labute approximate surface area is 145 Å². The number of urea groups is 1. The number of rotatable bonds is 8. The lowest BCUT2D eigenvalue weighted by Crippen LogP contribution is -2.49. The van der Waals surface area contributed by atoms with Crippen LogP contribution in [-0.2, 0) is 11.2 Å². The zero-order chi connectivity index (χ0) is 17.5. The molecule has 1 aromatic heterocycles. The van der Waals surface area contributed by atoms with Gasteiger partial charge in [0, 0.05) is 23.6 Å². The lowest BCUT2D eigenvalue weighted by atomic mass is 10.1. The van der Waals surface area contributed by atoms with Gasteiger partial charge in [0.1, 0.15) is 6.04 Å². The van der Waals surface area contributed by atoms with Gasteiger partial charge in [0.05, 0.1) is 0 Å². The topological polar surface area (TPSA) is 100 Å². The SMILES string of the molecule is CSCC[C@H](NC(N)=O)C(=O)NCCc1c[nH]c2cc(C)ccc12. The Morgan fingerprint density at radius 1 is 1.38 bits per heavy atom. The van der Waals surface area contributed by atoms with Gasteiger partial charge < -0.3 is 21.4 Å². The van der Waals surface area contributed by atoms with Crippen molar-refractivity contribution < 1.29 is 9.59 Å². The molecule has 0 radical (unpaired) electrons. The number of aromatic nitrogens is 1. The fourth-order valence-electron chi connectivity index (χ4n) is 2.63. The molecule has 0 bridgehead atoms. The third-order valence-corrected chi connectivity index (χ3v) is 4.50. The minimum absolute atomic E-state index is 0.196. The van der Waals surface area contributed by atoms with Crippen LogP contribution in [0.25, 0.3) is 10.9 Å². The fourth-order valence-corrected chi connectivity index (χ4v) is 3.10. The molecule has 6 nitrogen and oxygen atoms in total. The molecule has 2 rings (SSSR count). The number of carbonyl (C=O) groups excluding carboxylic acids is 2. The minimum atomic E-state index is -0.678. The molecule has 0 spiro atoms. The van der Waals surface area contributed by atoms with E-state index in [1.807, 2.05) is 12.5 Å². The van der Waals surface area contributed by atoms with E-state index >= 15 is 0 Å². The van der Waals surface area contributed by atoms with E-state index in [2.05, 4.69) is 40.7 Å². The van der Waals surface area contributed by atoms with E-state index in [4.69, 9.17) is 5.73 Å². The molecule has 5 N–H and O–H groups in total. The highest BCUT2D eigenvalue weighted by Crippen LogP contribution is 2.19. The molecular formula is C17H24N4O2S. The van der Waals surface area contributed by atoms with Crippen molar-refractivity contribution in [3.8, 4) is 0 Å². The van der Waals surface area contributed by atoms with Crippen molar-refractivity contribution >= 4 is 34.6 Å². The zero-order valence-corrected chi connectivity index (χ0v) is 14.8. The van der Waals surface area contributed by atoms with Gasteiger partial charge in [-0.05, 0) is 49.0 Å². The first-order valence-electron chi connectivity index (χ1n) is 7.90. The number of benzene rings is 1. The Morgan fingerprint density at radius 3 is 2.88 bits per heavy atom. The zero-order valence-electron chi connectivity index (χ0n) is 14.0. The molecule has 24 heavy (non-hydrogen) atoms. The number of hydrogen-bond donors (Lipinski definition) is 4. The van der Waals surface area contributed by atoms with Crippen LogP contribution in [0.1, 0.15) is 17.5 Å². The maximum atomic E-state index is 12.2. The Kier molecular flexibility index (Phi) is 6.54. The first-order valence-corrected chi connectivity index (χ1v) is 9.30. The van der Waals surface area contributed by atoms with Crippen LogP contribution >= 0.6 is 11.8 Å². The van der Waals surface area contributed by atoms with Crippen LogP contribution in [0.5, 0.6) is 0 Å². The second kappa shape index (κ2) is 8.63. The van der Waals surface area contributed by atoms with Crippen molar-refractivity contribution in [2.45, 2.75) is 25.8 Å². The van der Waals surface area contributed by atoms with Crippen LogP contribution in [-0.4, -0.2) is 41.5 Å². The fraction of sp³-hybridized carbons (Fsp3) is 0.412. The van der Waals surface area contributed by atoms with Crippen LogP contribution in [0.2, 0.25) is 0 Å². The van der Waals surface area contributed by atoms with Crippen LogP contribution < -0.4 is 16.4 Å². The van der Waals surface area contributed by atoms with Crippen molar-refractivity contribution in [1.29, 1.82) is 0 Å². The predicted octanol–water partition coefficient (Wildman–Crippen LogP) is 1.93. The standard InChI is InChI=1S/C17H24N4O2S/c1-11-3-4-13-12(10-20-15(13)9-11)5-7-19-16(22)14(6-8-24-2)21-17(18)23/h3-4,9-10,14,20H,5-8H2,1-2H3,(H,19,22)(H3,18,21,23)/t14-/m0/s1. The number of nitrogens with two attached hydrogens (primary N) is 1. The highest BCUT2D eigenvalue weighted by atomic mass is 32.2. The molecule has 1 heterocycles. The second-order valence-electron chi connectivity index (χ2n) is 5.75. The number of nitrogens with one attached hydrogen (secondary N) is 3. The van der Waals surface area contributed by atoms with Gasteiger partial charge in [-0.15, -0.1) is 0 Å². The summed E-state index contributed by atoms with van der Waals surface area (Å²) in [6.07, 6.45) is 5.21. The highest BCUT2D eigenvalue weighted by molar-refractivity contribution is 7.98. The number of thioether (sulfide) groups is 1. The molecule has 3 amide bonds. The van der Waals surface area contributed by atoms with Gasteiger partial charge in [-0.25, -0.2) is 4.79 Å². The van der Waals surface area contributed by atoms with Gasteiger partial charge in [-0.3, -0.25) is 4.79 Å². The van der Waals surface area contributed by atoms with E-state index in [-0.39, 0.29) is 5.91 Å². The maximum absolute atomic E-state index is 12.2. The molecule has 0 aliphatic carbocycles. The monoisotopic (exact) mass is 348 g/mol. The van der Waals surface area contributed by atoms with Gasteiger partial charge in [0.25, 0.3) is 0 Å². The molecule has 0 saturated heterocycles.